The van der Waals surface area contributed by atoms with Gasteiger partial charge in [0.25, 0.3) is 0 Å². The Labute approximate surface area is 118 Å². The fourth-order valence-electron chi connectivity index (χ4n) is 2.08. The lowest BCUT2D eigenvalue weighted by Crippen LogP contribution is -2.05. The lowest BCUT2D eigenvalue weighted by molar-refractivity contribution is -0.137. The molecule has 0 bridgehead atoms. The summed E-state index contributed by atoms with van der Waals surface area (Å²) in [5.41, 5.74) is 0.992. The molecule has 0 aliphatic rings. The highest BCUT2D eigenvalue weighted by atomic mass is 32.1. The highest BCUT2D eigenvalue weighted by Crippen LogP contribution is 2.32. The molecule has 0 saturated heterocycles. The van der Waals surface area contributed by atoms with Gasteiger partial charge in [-0.15, -0.1) is 16.4 Å². The first kappa shape index (κ1) is 12.7. The molecule has 6 nitrogen and oxygen atoms in total. The summed E-state index contributed by atoms with van der Waals surface area (Å²) in [5.74, 6) is -0.117. The largest absolute Gasteiger partial charge is 0.481 e. The van der Waals surface area contributed by atoms with E-state index in [0.717, 1.165) is 10.9 Å². The van der Waals surface area contributed by atoms with Gasteiger partial charge in [-0.25, -0.2) is 4.68 Å². The van der Waals surface area contributed by atoms with Crippen LogP contribution in [0.1, 0.15) is 12.8 Å². The first-order valence-electron chi connectivity index (χ1n) is 6.20. The quantitative estimate of drug-likeness (QED) is 0.779. The number of tetrazole rings is 1. The van der Waals surface area contributed by atoms with Crippen LogP contribution in [0.2, 0.25) is 0 Å². The van der Waals surface area contributed by atoms with E-state index in [0.29, 0.717) is 18.8 Å². The van der Waals surface area contributed by atoms with Gasteiger partial charge >= 0.3 is 5.97 Å². The molecule has 102 valence electrons. The van der Waals surface area contributed by atoms with Crippen LogP contribution in [-0.2, 0) is 11.3 Å². The molecule has 7 heteroatoms. The van der Waals surface area contributed by atoms with Crippen molar-refractivity contribution < 1.29 is 9.90 Å². The molecule has 0 saturated carbocycles. The smallest absolute Gasteiger partial charge is 0.303 e. The number of benzene rings is 1. The minimum Gasteiger partial charge on any atom is -0.481 e. The number of nitrogens with zero attached hydrogens (tertiary/aromatic N) is 4. The molecule has 2 aromatic heterocycles. The van der Waals surface area contributed by atoms with E-state index < -0.39 is 5.97 Å². The standard InChI is InChI=1S/C13H12N4O2S/c18-12(19)6-3-7-17-13(14-15-16-17)10-8-20-11-5-2-1-4-9(10)11/h1-2,4-5,8H,3,6-7H2,(H,18,19). The molecular formula is C13H12N4O2S. The van der Waals surface area contributed by atoms with Crippen LogP contribution in [0.3, 0.4) is 0 Å². The Bertz CT molecular complexity index is 750. The van der Waals surface area contributed by atoms with Crippen LogP contribution < -0.4 is 0 Å². The molecule has 0 amide bonds. The number of aromatic nitrogens is 4. The number of carbonyl (C=O) groups is 1. The van der Waals surface area contributed by atoms with Crippen molar-refractivity contribution in [3.8, 4) is 11.4 Å². The van der Waals surface area contributed by atoms with Crippen molar-refractivity contribution in [1.29, 1.82) is 0 Å². The van der Waals surface area contributed by atoms with Crippen LogP contribution in [0.4, 0.5) is 0 Å². The fraction of sp³-hybridized carbons (Fsp3) is 0.231. The van der Waals surface area contributed by atoms with Gasteiger partial charge in [0.05, 0.1) is 0 Å². The van der Waals surface area contributed by atoms with Crippen LogP contribution in [0, 0.1) is 0 Å². The second-order valence-corrected chi connectivity index (χ2v) is 5.28. The van der Waals surface area contributed by atoms with Crippen LogP contribution in [0.25, 0.3) is 21.5 Å². The third kappa shape index (κ3) is 2.39. The van der Waals surface area contributed by atoms with E-state index in [-0.39, 0.29) is 6.42 Å². The number of hydrogen-bond donors (Lipinski definition) is 1. The zero-order valence-corrected chi connectivity index (χ0v) is 11.4. The summed E-state index contributed by atoms with van der Waals surface area (Å²) in [5, 5.41) is 23.5. The minimum atomic E-state index is -0.805. The summed E-state index contributed by atoms with van der Waals surface area (Å²) in [4.78, 5) is 10.6. The predicted molar refractivity (Wildman–Crippen MR) is 75.5 cm³/mol. The van der Waals surface area contributed by atoms with Crippen LogP contribution in [0.15, 0.2) is 29.6 Å². The van der Waals surface area contributed by atoms with Crippen molar-refractivity contribution in [2.75, 3.05) is 0 Å². The first-order chi connectivity index (χ1) is 9.75. The van der Waals surface area contributed by atoms with Crippen LogP contribution >= 0.6 is 11.3 Å². The number of rotatable bonds is 5. The van der Waals surface area contributed by atoms with Crippen molar-refractivity contribution >= 4 is 27.4 Å². The molecule has 3 rings (SSSR count). The van der Waals surface area contributed by atoms with E-state index in [1.165, 1.54) is 4.70 Å². The van der Waals surface area contributed by atoms with Crippen molar-refractivity contribution in [1.82, 2.24) is 20.2 Å². The molecule has 0 unspecified atom stereocenters. The second-order valence-electron chi connectivity index (χ2n) is 4.37. The molecule has 0 aliphatic carbocycles. The van der Waals surface area contributed by atoms with Crippen molar-refractivity contribution in [3.05, 3.63) is 29.6 Å². The highest BCUT2D eigenvalue weighted by molar-refractivity contribution is 7.17. The van der Waals surface area contributed by atoms with Crippen molar-refractivity contribution in [2.24, 2.45) is 0 Å². The molecule has 1 N–H and O–H groups in total. The Hall–Kier alpha value is -2.28. The number of carboxylic acid groups (broad SMARTS) is 1. The van der Waals surface area contributed by atoms with E-state index in [1.54, 1.807) is 16.0 Å². The maximum absolute atomic E-state index is 10.6. The predicted octanol–water partition coefficient (Wildman–Crippen LogP) is 2.42. The number of thiophene rings is 1. The zero-order chi connectivity index (χ0) is 13.9. The molecule has 3 aromatic rings. The Morgan fingerprint density at radius 1 is 1.35 bits per heavy atom. The summed E-state index contributed by atoms with van der Waals surface area (Å²) < 4.78 is 2.85. The van der Waals surface area contributed by atoms with Gasteiger partial charge in [-0.05, 0) is 22.9 Å². The average molecular weight is 288 g/mol. The highest BCUT2D eigenvalue weighted by Gasteiger charge is 2.13. The van der Waals surface area contributed by atoms with Crippen LogP contribution in [-0.4, -0.2) is 31.3 Å². The second kappa shape index (κ2) is 5.38. The number of hydrogen-bond acceptors (Lipinski definition) is 5. The lowest BCUT2D eigenvalue weighted by Gasteiger charge is -2.02. The average Bonchev–Trinajstić information content (AvgIpc) is 3.04. The molecule has 0 radical (unpaired) electrons. The maximum atomic E-state index is 10.6. The Morgan fingerprint density at radius 3 is 3.05 bits per heavy atom. The molecular weight excluding hydrogens is 276 g/mol. The zero-order valence-electron chi connectivity index (χ0n) is 10.6. The Kier molecular flexibility index (Phi) is 3.42. The molecule has 1 aromatic carbocycles. The van der Waals surface area contributed by atoms with Gasteiger partial charge in [0.15, 0.2) is 5.82 Å². The van der Waals surface area contributed by atoms with Crippen molar-refractivity contribution in [2.45, 2.75) is 19.4 Å². The van der Waals surface area contributed by atoms with Gasteiger partial charge in [0.2, 0.25) is 0 Å². The van der Waals surface area contributed by atoms with Gasteiger partial charge in [-0.3, -0.25) is 4.79 Å². The van der Waals surface area contributed by atoms with Gasteiger partial charge < -0.3 is 5.11 Å². The maximum Gasteiger partial charge on any atom is 0.303 e. The topological polar surface area (TPSA) is 80.9 Å². The van der Waals surface area contributed by atoms with E-state index in [1.807, 2.05) is 23.6 Å². The van der Waals surface area contributed by atoms with Gasteiger partial charge in [-0.2, -0.15) is 0 Å². The summed E-state index contributed by atoms with van der Waals surface area (Å²) >= 11 is 1.65. The molecule has 0 spiro atoms. The molecule has 0 atom stereocenters. The van der Waals surface area contributed by atoms with E-state index in [4.69, 9.17) is 5.11 Å². The molecule has 0 fully saturated rings. The van der Waals surface area contributed by atoms with Crippen LogP contribution in [0.5, 0.6) is 0 Å². The number of aliphatic carboxylic acids is 1. The lowest BCUT2D eigenvalue weighted by atomic mass is 10.1. The normalized spacial score (nSPS) is 11.0. The summed E-state index contributed by atoms with van der Waals surface area (Å²) in [6, 6.07) is 8.08. The van der Waals surface area contributed by atoms with E-state index >= 15 is 0 Å². The Balaban J connectivity index is 1.91. The van der Waals surface area contributed by atoms with E-state index in [9.17, 15) is 4.79 Å². The van der Waals surface area contributed by atoms with Gasteiger partial charge in [0.1, 0.15) is 0 Å². The van der Waals surface area contributed by atoms with Gasteiger partial charge in [0, 0.05) is 34.0 Å². The summed E-state index contributed by atoms with van der Waals surface area (Å²) in [6.07, 6.45) is 0.624. The monoisotopic (exact) mass is 288 g/mol. The number of aryl methyl sites for hydroxylation is 1. The number of carboxylic acids is 1. The van der Waals surface area contributed by atoms with E-state index in [2.05, 4.69) is 21.6 Å². The summed E-state index contributed by atoms with van der Waals surface area (Å²) in [6.45, 7) is 0.499. The van der Waals surface area contributed by atoms with Crippen molar-refractivity contribution in [3.63, 3.8) is 0 Å². The minimum absolute atomic E-state index is 0.115. The van der Waals surface area contributed by atoms with Gasteiger partial charge in [-0.1, -0.05) is 18.2 Å². The Morgan fingerprint density at radius 2 is 2.20 bits per heavy atom. The molecule has 20 heavy (non-hydrogen) atoms. The SMILES string of the molecule is O=C(O)CCCn1nnnc1-c1csc2ccccc12. The third-order valence-electron chi connectivity index (χ3n) is 3.01. The number of fused-ring (bicyclic) bond motifs is 1. The first-order valence-corrected chi connectivity index (χ1v) is 7.08. The summed E-state index contributed by atoms with van der Waals surface area (Å²) in [7, 11) is 0. The molecule has 0 aliphatic heterocycles. The fourth-order valence-corrected chi connectivity index (χ4v) is 3.02. The third-order valence-corrected chi connectivity index (χ3v) is 3.98. The molecule has 2 heterocycles.